The Hall–Kier alpha value is -0.0800. The van der Waals surface area contributed by atoms with Gasteiger partial charge >= 0.3 is 0 Å². The smallest absolute Gasteiger partial charge is 0.0226 e. The van der Waals surface area contributed by atoms with Gasteiger partial charge < -0.3 is 5.73 Å². The molecule has 1 saturated heterocycles. The van der Waals surface area contributed by atoms with Gasteiger partial charge in [-0.1, -0.05) is 19.8 Å². The molecule has 1 saturated carbocycles. The molecule has 0 aromatic heterocycles. The summed E-state index contributed by atoms with van der Waals surface area (Å²) in [6.07, 6.45) is 5.74. The van der Waals surface area contributed by atoms with Crippen LogP contribution >= 0.6 is 0 Å². The van der Waals surface area contributed by atoms with Crippen molar-refractivity contribution in [3.63, 3.8) is 0 Å². The standard InChI is InChI=1S/C13H26N2/c1-10-8-15(9-13(2,3)14)12-7-5-4-6-11(10)12/h10-12H,4-9,14H2,1-3H3. The van der Waals surface area contributed by atoms with Crippen LogP contribution in [0.2, 0.25) is 0 Å². The monoisotopic (exact) mass is 210 g/mol. The third-order valence-electron chi connectivity index (χ3n) is 4.11. The first kappa shape index (κ1) is 11.4. The fourth-order valence-electron chi connectivity index (χ4n) is 3.60. The molecular weight excluding hydrogens is 184 g/mol. The third-order valence-corrected chi connectivity index (χ3v) is 4.11. The van der Waals surface area contributed by atoms with Gasteiger partial charge in [0.2, 0.25) is 0 Å². The van der Waals surface area contributed by atoms with E-state index in [9.17, 15) is 0 Å². The van der Waals surface area contributed by atoms with Gasteiger partial charge in [-0.15, -0.1) is 0 Å². The van der Waals surface area contributed by atoms with Crippen molar-refractivity contribution in [3.8, 4) is 0 Å². The highest BCUT2D eigenvalue weighted by Gasteiger charge is 2.41. The van der Waals surface area contributed by atoms with Crippen LogP contribution in [0, 0.1) is 11.8 Å². The lowest BCUT2D eigenvalue weighted by molar-refractivity contribution is 0.156. The second-order valence-electron chi connectivity index (χ2n) is 6.41. The molecule has 3 unspecified atom stereocenters. The number of nitrogens with zero attached hydrogens (tertiary/aromatic N) is 1. The van der Waals surface area contributed by atoms with Crippen LogP contribution in [0.4, 0.5) is 0 Å². The van der Waals surface area contributed by atoms with Gasteiger partial charge in [0.05, 0.1) is 0 Å². The van der Waals surface area contributed by atoms with Crippen LogP contribution in [0.3, 0.4) is 0 Å². The summed E-state index contributed by atoms with van der Waals surface area (Å²) in [6.45, 7) is 9.06. The predicted molar refractivity (Wildman–Crippen MR) is 64.7 cm³/mol. The number of rotatable bonds is 2. The number of hydrogen-bond acceptors (Lipinski definition) is 2. The maximum atomic E-state index is 6.14. The molecule has 2 fully saturated rings. The molecule has 2 nitrogen and oxygen atoms in total. The van der Waals surface area contributed by atoms with Gasteiger partial charge in [0, 0.05) is 24.7 Å². The molecule has 1 aliphatic heterocycles. The van der Waals surface area contributed by atoms with Gasteiger partial charge in [0.15, 0.2) is 0 Å². The van der Waals surface area contributed by atoms with E-state index in [0.29, 0.717) is 0 Å². The zero-order valence-electron chi connectivity index (χ0n) is 10.5. The molecule has 0 aromatic rings. The summed E-state index contributed by atoms with van der Waals surface area (Å²) in [5.74, 6) is 1.85. The molecule has 1 heterocycles. The molecule has 1 aliphatic carbocycles. The number of hydrogen-bond donors (Lipinski definition) is 1. The summed E-state index contributed by atoms with van der Waals surface area (Å²) >= 11 is 0. The molecule has 3 atom stereocenters. The van der Waals surface area contributed by atoms with Crippen molar-refractivity contribution in [2.24, 2.45) is 17.6 Å². The van der Waals surface area contributed by atoms with E-state index in [1.807, 2.05) is 0 Å². The average molecular weight is 210 g/mol. The Labute approximate surface area is 94.2 Å². The average Bonchev–Trinajstić information content (AvgIpc) is 2.42. The minimum atomic E-state index is -0.0357. The summed E-state index contributed by atoms with van der Waals surface area (Å²) in [4.78, 5) is 2.66. The van der Waals surface area contributed by atoms with Crippen LogP contribution in [-0.4, -0.2) is 29.6 Å². The predicted octanol–water partition coefficient (Wildman–Crippen LogP) is 2.23. The van der Waals surface area contributed by atoms with Crippen molar-refractivity contribution in [2.75, 3.05) is 13.1 Å². The maximum Gasteiger partial charge on any atom is 0.0226 e. The van der Waals surface area contributed by atoms with E-state index in [4.69, 9.17) is 5.73 Å². The molecule has 0 amide bonds. The Morgan fingerprint density at radius 3 is 2.60 bits per heavy atom. The van der Waals surface area contributed by atoms with Gasteiger partial charge in [-0.2, -0.15) is 0 Å². The highest BCUT2D eigenvalue weighted by atomic mass is 15.2. The first-order valence-corrected chi connectivity index (χ1v) is 6.50. The second-order valence-corrected chi connectivity index (χ2v) is 6.41. The van der Waals surface area contributed by atoms with Gasteiger partial charge in [-0.3, -0.25) is 4.90 Å². The van der Waals surface area contributed by atoms with E-state index in [0.717, 1.165) is 24.4 Å². The molecule has 0 radical (unpaired) electrons. The molecule has 15 heavy (non-hydrogen) atoms. The van der Waals surface area contributed by atoms with Crippen LogP contribution in [-0.2, 0) is 0 Å². The third kappa shape index (κ3) is 2.54. The van der Waals surface area contributed by atoms with Gasteiger partial charge in [0.25, 0.3) is 0 Å². The van der Waals surface area contributed by atoms with E-state index in [-0.39, 0.29) is 5.54 Å². The summed E-state index contributed by atoms with van der Waals surface area (Å²) in [5.41, 5.74) is 6.11. The molecule has 88 valence electrons. The Balaban J connectivity index is 2.01. The largest absolute Gasteiger partial charge is 0.324 e. The summed E-state index contributed by atoms with van der Waals surface area (Å²) in [5, 5.41) is 0. The van der Waals surface area contributed by atoms with E-state index < -0.39 is 0 Å². The van der Waals surface area contributed by atoms with Crippen LogP contribution in [0.1, 0.15) is 46.5 Å². The van der Waals surface area contributed by atoms with E-state index in [2.05, 4.69) is 25.7 Å². The molecular formula is C13H26N2. The first-order valence-electron chi connectivity index (χ1n) is 6.50. The maximum absolute atomic E-state index is 6.14. The molecule has 0 aromatic carbocycles. The molecule has 2 N–H and O–H groups in total. The molecule has 2 heteroatoms. The molecule has 0 spiro atoms. The van der Waals surface area contributed by atoms with E-state index in [1.54, 1.807) is 0 Å². The van der Waals surface area contributed by atoms with Crippen molar-refractivity contribution in [3.05, 3.63) is 0 Å². The summed E-state index contributed by atoms with van der Waals surface area (Å²) in [7, 11) is 0. The van der Waals surface area contributed by atoms with Crippen LogP contribution in [0.5, 0.6) is 0 Å². The molecule has 0 bridgehead atoms. The van der Waals surface area contributed by atoms with Gasteiger partial charge in [-0.25, -0.2) is 0 Å². The number of likely N-dealkylation sites (tertiary alicyclic amines) is 1. The Morgan fingerprint density at radius 1 is 1.27 bits per heavy atom. The minimum Gasteiger partial charge on any atom is -0.324 e. The van der Waals surface area contributed by atoms with Crippen molar-refractivity contribution in [2.45, 2.75) is 58.0 Å². The topological polar surface area (TPSA) is 29.3 Å². The highest BCUT2D eigenvalue weighted by molar-refractivity contribution is 4.95. The Bertz CT molecular complexity index is 219. The van der Waals surface area contributed by atoms with Crippen LogP contribution in [0.15, 0.2) is 0 Å². The van der Waals surface area contributed by atoms with Gasteiger partial charge in [0.1, 0.15) is 0 Å². The normalized spacial score (nSPS) is 38.0. The van der Waals surface area contributed by atoms with E-state index in [1.165, 1.54) is 32.2 Å². The zero-order chi connectivity index (χ0) is 11.1. The summed E-state index contributed by atoms with van der Waals surface area (Å²) < 4.78 is 0. The zero-order valence-corrected chi connectivity index (χ0v) is 10.5. The van der Waals surface area contributed by atoms with Crippen molar-refractivity contribution >= 4 is 0 Å². The molecule has 2 rings (SSSR count). The SMILES string of the molecule is CC1CN(CC(C)(C)N)C2CCCCC12. The van der Waals surface area contributed by atoms with E-state index >= 15 is 0 Å². The highest BCUT2D eigenvalue weighted by Crippen LogP contribution is 2.39. The first-order chi connectivity index (χ1) is 6.97. The number of fused-ring (bicyclic) bond motifs is 1. The van der Waals surface area contributed by atoms with Crippen LogP contribution in [0.25, 0.3) is 0 Å². The second kappa shape index (κ2) is 4.06. The van der Waals surface area contributed by atoms with Crippen molar-refractivity contribution in [1.29, 1.82) is 0 Å². The van der Waals surface area contributed by atoms with Crippen molar-refractivity contribution in [1.82, 2.24) is 4.90 Å². The fourth-order valence-corrected chi connectivity index (χ4v) is 3.60. The Kier molecular flexibility index (Phi) is 3.09. The Morgan fingerprint density at radius 2 is 1.93 bits per heavy atom. The van der Waals surface area contributed by atoms with Gasteiger partial charge in [-0.05, 0) is 38.5 Å². The minimum absolute atomic E-state index is 0.0357. The summed E-state index contributed by atoms with van der Waals surface area (Å²) in [6, 6.07) is 0.844. The quantitative estimate of drug-likeness (QED) is 0.757. The lowest BCUT2D eigenvalue weighted by Crippen LogP contribution is -2.48. The lowest BCUT2D eigenvalue weighted by atomic mass is 9.80. The number of nitrogens with two attached hydrogens (primary N) is 1. The molecule has 2 aliphatic rings. The lowest BCUT2D eigenvalue weighted by Gasteiger charge is -2.35. The fraction of sp³-hybridized carbons (Fsp3) is 1.00. The van der Waals surface area contributed by atoms with Crippen LogP contribution < -0.4 is 5.73 Å². The van der Waals surface area contributed by atoms with Crippen molar-refractivity contribution < 1.29 is 0 Å².